The highest BCUT2D eigenvalue weighted by Crippen LogP contribution is 2.24. The first kappa shape index (κ1) is 29.9. The van der Waals surface area contributed by atoms with E-state index >= 15 is 0 Å². The summed E-state index contributed by atoms with van der Waals surface area (Å²) in [7, 11) is 1.72. The number of carbonyl (C=O) groups is 3. The average molecular weight is 529 g/mol. The summed E-state index contributed by atoms with van der Waals surface area (Å²) in [4.78, 5) is 36.8. The number of aromatic nitrogens is 2. The molecule has 0 radical (unpaired) electrons. The van der Waals surface area contributed by atoms with Crippen molar-refractivity contribution in [1.29, 1.82) is 0 Å². The molecule has 3 heterocycles. The number of anilines is 1. The first-order valence-electron chi connectivity index (χ1n) is 12.0. The number of ether oxygens (including phenoxy) is 2. The molecule has 1 aliphatic heterocycles. The van der Waals surface area contributed by atoms with Crippen LogP contribution in [0.25, 0.3) is 11.3 Å². The molecule has 0 spiro atoms. The van der Waals surface area contributed by atoms with Gasteiger partial charge < -0.3 is 29.5 Å². The van der Waals surface area contributed by atoms with Crippen LogP contribution in [-0.4, -0.2) is 61.6 Å². The highest BCUT2D eigenvalue weighted by Gasteiger charge is 2.17. The smallest absolute Gasteiger partial charge is 0.253 e. The zero-order valence-electron chi connectivity index (χ0n) is 21.8. The van der Waals surface area contributed by atoms with E-state index in [9.17, 15) is 9.59 Å². The minimum Gasteiger partial charge on any atom is -0.384 e. The van der Waals surface area contributed by atoms with Crippen LogP contribution in [0.3, 0.4) is 0 Å². The van der Waals surface area contributed by atoms with Crippen LogP contribution in [0.5, 0.6) is 0 Å². The van der Waals surface area contributed by atoms with E-state index in [1.54, 1.807) is 13.2 Å². The third-order valence-corrected chi connectivity index (χ3v) is 6.51. The molecule has 0 bridgehead atoms. The fourth-order valence-electron chi connectivity index (χ4n) is 3.26. The van der Waals surface area contributed by atoms with Gasteiger partial charge in [-0.15, -0.1) is 11.3 Å². The monoisotopic (exact) mass is 528 g/mol. The largest absolute Gasteiger partial charge is 0.384 e. The molecule has 0 aliphatic carbocycles. The van der Waals surface area contributed by atoms with Crippen molar-refractivity contribution in [1.82, 2.24) is 14.9 Å². The molecule has 1 atom stereocenters. The minimum absolute atomic E-state index is 0.107. The van der Waals surface area contributed by atoms with E-state index in [1.165, 1.54) is 11.3 Å². The van der Waals surface area contributed by atoms with Gasteiger partial charge in [0.05, 0.1) is 37.6 Å². The van der Waals surface area contributed by atoms with Crippen LogP contribution >= 0.6 is 11.3 Å². The maximum absolute atomic E-state index is 12.3. The van der Waals surface area contributed by atoms with Gasteiger partial charge in [-0.2, -0.15) is 0 Å². The molecule has 1 unspecified atom stereocenters. The van der Waals surface area contributed by atoms with Crippen molar-refractivity contribution < 1.29 is 23.9 Å². The van der Waals surface area contributed by atoms with E-state index < -0.39 is 0 Å². The van der Waals surface area contributed by atoms with Crippen molar-refractivity contribution in [2.24, 2.45) is 11.8 Å². The summed E-state index contributed by atoms with van der Waals surface area (Å²) < 4.78 is 11.8. The summed E-state index contributed by atoms with van der Waals surface area (Å²) in [6.07, 6.45) is 3.70. The fourth-order valence-corrected chi connectivity index (χ4v) is 4.00. The molecule has 0 saturated carbocycles. The summed E-state index contributed by atoms with van der Waals surface area (Å²) >= 11 is 1.35. The van der Waals surface area contributed by atoms with Gasteiger partial charge in [-0.3, -0.25) is 9.59 Å². The van der Waals surface area contributed by atoms with E-state index in [4.69, 9.17) is 14.3 Å². The van der Waals surface area contributed by atoms with Crippen LogP contribution in [0.4, 0.5) is 5.13 Å². The predicted octanol–water partition coefficient (Wildman–Crippen LogP) is 4.29. The van der Waals surface area contributed by atoms with Gasteiger partial charge in [-0.05, 0) is 18.9 Å². The number of methoxy groups -OCH3 is 1. The zero-order chi connectivity index (χ0) is 27.2. The Morgan fingerprint density at radius 3 is 2.46 bits per heavy atom. The number of carbonyl (C=O) groups excluding carboxylic acids is 3. The Morgan fingerprint density at radius 1 is 1.19 bits per heavy atom. The first-order chi connectivity index (χ1) is 17.9. The normalized spacial score (nSPS) is 13.3. The van der Waals surface area contributed by atoms with E-state index in [1.807, 2.05) is 59.5 Å². The lowest BCUT2D eigenvalue weighted by molar-refractivity contribution is -0.115. The van der Waals surface area contributed by atoms with Gasteiger partial charge in [-0.25, -0.2) is 4.98 Å². The quantitative estimate of drug-likeness (QED) is 0.429. The Balaban J connectivity index is 0.000000455. The van der Waals surface area contributed by atoms with Crippen molar-refractivity contribution in [2.75, 3.05) is 38.8 Å². The molecule has 200 valence electrons. The van der Waals surface area contributed by atoms with E-state index in [2.05, 4.69) is 36.4 Å². The molecule has 2 N–H and O–H groups in total. The highest BCUT2D eigenvalue weighted by molar-refractivity contribution is 7.14. The number of benzene rings is 1. The summed E-state index contributed by atoms with van der Waals surface area (Å²) in [5, 5.41) is 7.78. The SMILES string of the molecule is C=O.CC(C)C(C)n1ccc(C(=O)NCC(=O)Nc2nc(-c3ccccc3)cs2)c1.COCC1COC1. The Bertz CT molecular complexity index is 1100. The number of rotatable bonds is 9. The molecular weight excluding hydrogens is 492 g/mol. The molecule has 1 aromatic carbocycles. The zero-order valence-corrected chi connectivity index (χ0v) is 22.6. The second kappa shape index (κ2) is 15.7. The Hall–Kier alpha value is -3.34. The molecule has 3 aromatic rings. The molecule has 2 amide bonds. The number of thiazole rings is 1. The second-order valence-corrected chi connectivity index (χ2v) is 9.68. The third kappa shape index (κ3) is 9.56. The summed E-state index contributed by atoms with van der Waals surface area (Å²) in [6, 6.07) is 11.8. The number of hydrogen-bond donors (Lipinski definition) is 2. The molecule has 1 fully saturated rings. The van der Waals surface area contributed by atoms with Crippen molar-refractivity contribution >= 4 is 35.1 Å². The van der Waals surface area contributed by atoms with Crippen LogP contribution < -0.4 is 10.6 Å². The average Bonchev–Trinajstić information content (AvgIpc) is 3.57. The molecule has 37 heavy (non-hydrogen) atoms. The summed E-state index contributed by atoms with van der Waals surface area (Å²) in [5.74, 6) is 0.574. The van der Waals surface area contributed by atoms with Crippen molar-refractivity contribution in [3.05, 3.63) is 59.7 Å². The van der Waals surface area contributed by atoms with Gasteiger partial charge in [0.2, 0.25) is 5.91 Å². The number of amides is 2. The third-order valence-electron chi connectivity index (χ3n) is 5.75. The van der Waals surface area contributed by atoms with E-state index in [0.717, 1.165) is 31.1 Å². The van der Waals surface area contributed by atoms with Gasteiger partial charge in [0.15, 0.2) is 5.13 Å². The van der Waals surface area contributed by atoms with Gasteiger partial charge in [0.1, 0.15) is 6.79 Å². The van der Waals surface area contributed by atoms with Crippen molar-refractivity contribution in [3.63, 3.8) is 0 Å². The summed E-state index contributed by atoms with van der Waals surface area (Å²) in [6.45, 7) is 10.9. The molecule has 10 heteroatoms. The number of nitrogens with one attached hydrogen (secondary N) is 2. The van der Waals surface area contributed by atoms with Crippen molar-refractivity contribution in [3.8, 4) is 11.3 Å². The highest BCUT2D eigenvalue weighted by atomic mass is 32.1. The standard InChI is InChI=1S/C21H24N4O2S.C5H10O2.CH2O/c1-14(2)15(3)25-10-9-17(12-25)20(27)22-11-19(26)24-21-23-18(13-28-21)16-7-5-4-6-8-16;1-6-2-5-3-7-4-5;1-2/h4-10,12-15H,11H2,1-3H3,(H,22,27)(H,23,24,26);5H,2-4H2,1H3;1H2. The Labute approximate surface area is 222 Å². The maximum atomic E-state index is 12.3. The van der Waals surface area contributed by atoms with Gasteiger partial charge in [0.25, 0.3) is 5.91 Å². The maximum Gasteiger partial charge on any atom is 0.253 e. The van der Waals surface area contributed by atoms with Crippen LogP contribution in [0, 0.1) is 11.8 Å². The molecule has 1 aliphatic rings. The molecule has 2 aromatic heterocycles. The first-order valence-corrected chi connectivity index (χ1v) is 12.9. The van der Waals surface area contributed by atoms with Crippen molar-refractivity contribution in [2.45, 2.75) is 26.8 Å². The van der Waals surface area contributed by atoms with Gasteiger partial charge >= 0.3 is 0 Å². The summed E-state index contributed by atoms with van der Waals surface area (Å²) in [5.41, 5.74) is 2.35. The lowest BCUT2D eigenvalue weighted by Crippen LogP contribution is -2.32. The van der Waals surface area contributed by atoms with E-state index in [-0.39, 0.29) is 18.4 Å². The van der Waals surface area contributed by atoms with Crippen LogP contribution in [0.1, 0.15) is 37.2 Å². The number of nitrogens with zero attached hydrogens (tertiary/aromatic N) is 2. The van der Waals surface area contributed by atoms with Gasteiger partial charge in [-0.1, -0.05) is 44.2 Å². The minimum atomic E-state index is -0.308. The predicted molar refractivity (Wildman–Crippen MR) is 146 cm³/mol. The molecule has 4 rings (SSSR count). The van der Waals surface area contributed by atoms with E-state index in [0.29, 0.717) is 28.6 Å². The van der Waals surface area contributed by atoms with Gasteiger partial charge in [0, 0.05) is 42.4 Å². The Morgan fingerprint density at radius 2 is 1.89 bits per heavy atom. The van der Waals surface area contributed by atoms with Crippen LogP contribution in [0.2, 0.25) is 0 Å². The topological polar surface area (TPSA) is 112 Å². The molecule has 9 nitrogen and oxygen atoms in total. The lowest BCUT2D eigenvalue weighted by Gasteiger charge is -2.24. The molecular formula is C27H36N4O5S. The Kier molecular flexibility index (Phi) is 12.7. The van der Waals surface area contributed by atoms with Crippen LogP contribution in [-0.2, 0) is 19.1 Å². The van der Waals surface area contributed by atoms with Crippen LogP contribution in [0.15, 0.2) is 54.2 Å². The molecule has 1 saturated heterocycles. The lowest BCUT2D eigenvalue weighted by atomic mass is 10.1. The fraction of sp³-hybridized carbons (Fsp3) is 0.407. The number of hydrogen-bond acceptors (Lipinski definition) is 7. The second-order valence-electron chi connectivity index (χ2n) is 8.83.